The van der Waals surface area contributed by atoms with Gasteiger partial charge in [-0.3, -0.25) is 4.68 Å². The highest BCUT2D eigenvalue weighted by molar-refractivity contribution is 6.31. The second kappa shape index (κ2) is 6.68. The summed E-state index contributed by atoms with van der Waals surface area (Å²) >= 11 is 6.03. The van der Waals surface area contributed by atoms with Gasteiger partial charge in [0.25, 0.3) is 0 Å². The summed E-state index contributed by atoms with van der Waals surface area (Å²) in [5.74, 6) is -0.320. The highest BCUT2D eigenvalue weighted by atomic mass is 35.5. The summed E-state index contributed by atoms with van der Waals surface area (Å²) in [5, 5.41) is 8.04. The minimum Gasteiger partial charge on any atom is -0.311 e. The summed E-state index contributed by atoms with van der Waals surface area (Å²) in [7, 11) is 0. The second-order valence-corrected chi connectivity index (χ2v) is 4.80. The summed E-state index contributed by atoms with van der Waals surface area (Å²) in [4.78, 5) is 0. The molecule has 0 atom stereocenters. The van der Waals surface area contributed by atoms with Gasteiger partial charge in [-0.15, -0.1) is 0 Å². The van der Waals surface area contributed by atoms with Crippen LogP contribution in [0.25, 0.3) is 0 Å². The van der Waals surface area contributed by atoms with E-state index in [2.05, 4.69) is 17.3 Å². The van der Waals surface area contributed by atoms with Crippen molar-refractivity contribution in [1.29, 1.82) is 0 Å². The van der Waals surface area contributed by atoms with E-state index in [4.69, 9.17) is 11.6 Å². The third-order valence-electron chi connectivity index (χ3n) is 2.87. The Labute approximate surface area is 117 Å². The van der Waals surface area contributed by atoms with E-state index in [-0.39, 0.29) is 5.82 Å². The largest absolute Gasteiger partial charge is 0.311 e. The summed E-state index contributed by atoms with van der Waals surface area (Å²) in [6, 6.07) is 6.41. The predicted molar refractivity (Wildman–Crippen MR) is 74.7 cm³/mol. The van der Waals surface area contributed by atoms with Crippen LogP contribution in [0.4, 0.5) is 4.39 Å². The molecule has 102 valence electrons. The predicted octanol–water partition coefficient (Wildman–Crippen LogP) is 3.22. The Hall–Kier alpha value is -1.39. The highest BCUT2D eigenvalue weighted by Gasteiger charge is 2.06. The lowest BCUT2D eigenvalue weighted by Gasteiger charge is -2.09. The van der Waals surface area contributed by atoms with Gasteiger partial charge in [0.15, 0.2) is 0 Å². The van der Waals surface area contributed by atoms with E-state index in [0.29, 0.717) is 11.6 Å². The van der Waals surface area contributed by atoms with Crippen molar-refractivity contribution in [3.05, 3.63) is 52.6 Å². The first-order chi connectivity index (χ1) is 9.20. The minimum atomic E-state index is -0.320. The lowest BCUT2D eigenvalue weighted by Crippen LogP contribution is -2.17. The first-order valence-corrected chi connectivity index (χ1v) is 6.74. The molecule has 0 unspecified atom stereocenters. The Morgan fingerprint density at radius 2 is 2.21 bits per heavy atom. The van der Waals surface area contributed by atoms with Gasteiger partial charge in [-0.05, 0) is 36.7 Å². The van der Waals surface area contributed by atoms with Crippen LogP contribution in [-0.2, 0) is 13.1 Å². The number of aromatic nitrogens is 2. The van der Waals surface area contributed by atoms with E-state index in [1.165, 1.54) is 12.1 Å². The second-order valence-electron chi connectivity index (χ2n) is 4.39. The van der Waals surface area contributed by atoms with Gasteiger partial charge < -0.3 is 5.32 Å². The van der Waals surface area contributed by atoms with Crippen molar-refractivity contribution in [1.82, 2.24) is 15.1 Å². The molecule has 1 aromatic carbocycles. The molecule has 0 aliphatic rings. The van der Waals surface area contributed by atoms with Gasteiger partial charge in [0.05, 0.1) is 12.2 Å². The molecular formula is C14H17ClFN3. The van der Waals surface area contributed by atoms with Crippen molar-refractivity contribution in [3.8, 4) is 0 Å². The zero-order valence-electron chi connectivity index (χ0n) is 10.9. The molecule has 5 heteroatoms. The molecule has 1 aromatic heterocycles. The van der Waals surface area contributed by atoms with Crippen molar-refractivity contribution in [2.24, 2.45) is 0 Å². The molecule has 19 heavy (non-hydrogen) atoms. The van der Waals surface area contributed by atoms with Crippen molar-refractivity contribution in [2.45, 2.75) is 26.4 Å². The number of nitrogens with zero attached hydrogens (tertiary/aromatic N) is 2. The molecule has 0 amide bonds. The van der Waals surface area contributed by atoms with Gasteiger partial charge in [0, 0.05) is 17.8 Å². The van der Waals surface area contributed by atoms with Crippen molar-refractivity contribution < 1.29 is 4.39 Å². The van der Waals surface area contributed by atoms with Crippen molar-refractivity contribution >= 4 is 11.6 Å². The first kappa shape index (κ1) is 14.0. The minimum absolute atomic E-state index is 0.320. The number of hydrogen-bond acceptors (Lipinski definition) is 2. The van der Waals surface area contributed by atoms with Gasteiger partial charge in [-0.25, -0.2) is 4.39 Å². The summed E-state index contributed by atoms with van der Waals surface area (Å²) in [5.41, 5.74) is 1.96. The number of hydrogen-bond donors (Lipinski definition) is 1. The lowest BCUT2D eigenvalue weighted by molar-refractivity contribution is 0.590. The Morgan fingerprint density at radius 3 is 2.95 bits per heavy atom. The fourth-order valence-electron chi connectivity index (χ4n) is 1.86. The fraction of sp³-hybridized carbons (Fsp3) is 0.357. The van der Waals surface area contributed by atoms with Gasteiger partial charge in [0.1, 0.15) is 5.82 Å². The average Bonchev–Trinajstić information content (AvgIpc) is 2.81. The molecule has 1 N–H and O–H groups in total. The van der Waals surface area contributed by atoms with Gasteiger partial charge >= 0.3 is 0 Å². The van der Waals surface area contributed by atoms with Gasteiger partial charge in [0.2, 0.25) is 0 Å². The van der Waals surface area contributed by atoms with Crippen LogP contribution in [0.3, 0.4) is 0 Å². The third-order valence-corrected chi connectivity index (χ3v) is 3.22. The standard InChI is InChI=1S/C14H17ClFN3/c1-2-6-17-9-13-5-7-18-19(13)10-11-3-4-12(16)8-14(11)15/h3-5,7-8,17H,2,6,9-10H2,1H3. The Balaban J connectivity index is 2.08. The maximum Gasteiger partial charge on any atom is 0.124 e. The molecule has 0 bridgehead atoms. The molecule has 0 saturated heterocycles. The molecule has 0 fully saturated rings. The molecule has 0 aliphatic heterocycles. The molecule has 1 heterocycles. The highest BCUT2D eigenvalue weighted by Crippen LogP contribution is 2.18. The molecule has 3 nitrogen and oxygen atoms in total. The SMILES string of the molecule is CCCNCc1ccnn1Cc1ccc(F)cc1Cl. The Bertz CT molecular complexity index is 539. The van der Waals surface area contributed by atoms with Crippen LogP contribution >= 0.6 is 11.6 Å². The number of nitrogens with one attached hydrogen (secondary N) is 1. The van der Waals surface area contributed by atoms with Crippen LogP contribution in [-0.4, -0.2) is 16.3 Å². The van der Waals surface area contributed by atoms with E-state index < -0.39 is 0 Å². The third kappa shape index (κ3) is 3.78. The topological polar surface area (TPSA) is 29.9 Å². The van der Waals surface area contributed by atoms with Crippen LogP contribution in [0.2, 0.25) is 5.02 Å². The Morgan fingerprint density at radius 1 is 1.37 bits per heavy atom. The molecule has 2 aromatic rings. The van der Waals surface area contributed by atoms with Crippen molar-refractivity contribution in [3.63, 3.8) is 0 Å². The van der Waals surface area contributed by atoms with E-state index >= 15 is 0 Å². The van der Waals surface area contributed by atoms with E-state index in [9.17, 15) is 4.39 Å². The summed E-state index contributed by atoms with van der Waals surface area (Å²) < 4.78 is 14.9. The molecule has 0 saturated carbocycles. The summed E-state index contributed by atoms with van der Waals surface area (Å²) in [6.07, 6.45) is 2.86. The van der Waals surface area contributed by atoms with Gasteiger partial charge in [-0.2, -0.15) is 5.10 Å². The number of rotatable bonds is 6. The van der Waals surface area contributed by atoms with Crippen LogP contribution in [0.15, 0.2) is 30.5 Å². The smallest absolute Gasteiger partial charge is 0.124 e. The van der Waals surface area contributed by atoms with E-state index in [1.807, 2.05) is 10.7 Å². The van der Waals surface area contributed by atoms with Crippen LogP contribution in [0, 0.1) is 5.82 Å². The lowest BCUT2D eigenvalue weighted by atomic mass is 10.2. The maximum absolute atomic E-state index is 13.0. The van der Waals surface area contributed by atoms with Crippen LogP contribution in [0.1, 0.15) is 24.6 Å². The van der Waals surface area contributed by atoms with E-state index in [0.717, 1.165) is 30.8 Å². The maximum atomic E-state index is 13.0. The zero-order valence-corrected chi connectivity index (χ0v) is 11.6. The summed E-state index contributed by atoms with van der Waals surface area (Å²) in [6.45, 7) is 4.42. The van der Waals surface area contributed by atoms with Crippen molar-refractivity contribution in [2.75, 3.05) is 6.54 Å². The number of benzene rings is 1. The molecule has 0 spiro atoms. The molecule has 0 radical (unpaired) electrons. The fourth-order valence-corrected chi connectivity index (χ4v) is 2.08. The monoisotopic (exact) mass is 281 g/mol. The normalized spacial score (nSPS) is 10.9. The van der Waals surface area contributed by atoms with Crippen LogP contribution < -0.4 is 5.32 Å². The average molecular weight is 282 g/mol. The van der Waals surface area contributed by atoms with E-state index in [1.54, 1.807) is 12.3 Å². The zero-order chi connectivity index (χ0) is 13.7. The molecule has 2 rings (SSSR count). The molecule has 0 aliphatic carbocycles. The number of halogens is 2. The quantitative estimate of drug-likeness (QED) is 0.824. The Kier molecular flexibility index (Phi) is 4.93. The molecular weight excluding hydrogens is 265 g/mol. The first-order valence-electron chi connectivity index (χ1n) is 6.36. The van der Waals surface area contributed by atoms with Gasteiger partial charge in [-0.1, -0.05) is 24.6 Å². The van der Waals surface area contributed by atoms with Crippen LogP contribution in [0.5, 0.6) is 0 Å².